The summed E-state index contributed by atoms with van der Waals surface area (Å²) in [4.78, 5) is 24.8. The number of rotatable bonds is 2. The quantitative estimate of drug-likeness (QED) is 0.667. The van der Waals surface area contributed by atoms with Gasteiger partial charge in [0.1, 0.15) is 0 Å². The van der Waals surface area contributed by atoms with Gasteiger partial charge in [-0.3, -0.25) is 0 Å². The van der Waals surface area contributed by atoms with Crippen molar-refractivity contribution in [2.75, 3.05) is 20.2 Å². The zero-order valence-electron chi connectivity index (χ0n) is 9.53. The summed E-state index contributed by atoms with van der Waals surface area (Å²) in [6, 6.07) is 0. The van der Waals surface area contributed by atoms with Crippen LogP contribution in [0.5, 0.6) is 0 Å². The molecule has 1 aliphatic heterocycles. The van der Waals surface area contributed by atoms with Gasteiger partial charge in [-0.15, -0.1) is 0 Å². The molecule has 1 saturated heterocycles. The van der Waals surface area contributed by atoms with Crippen molar-refractivity contribution in [2.45, 2.75) is 37.7 Å². The number of piperidine rings is 1. The number of hydrogen-bond acceptors (Lipinski definition) is 4. The van der Waals surface area contributed by atoms with Crippen LogP contribution < -0.4 is 0 Å². The number of ether oxygens (including phenoxy) is 2. The number of methoxy groups -OCH3 is 1. The van der Waals surface area contributed by atoms with Crippen LogP contribution in [0.4, 0.5) is 4.79 Å². The molecule has 5 heteroatoms. The lowest BCUT2D eigenvalue weighted by Gasteiger charge is -2.27. The Balaban J connectivity index is 1.89. The third-order valence-corrected chi connectivity index (χ3v) is 3.16. The molecular formula is C11H17NO4. The molecule has 2 rings (SSSR count). The van der Waals surface area contributed by atoms with Gasteiger partial charge in [0.05, 0.1) is 7.11 Å². The van der Waals surface area contributed by atoms with E-state index < -0.39 is 11.6 Å². The van der Waals surface area contributed by atoms with E-state index in [4.69, 9.17) is 4.74 Å². The maximum absolute atomic E-state index is 11.8. The van der Waals surface area contributed by atoms with Crippen molar-refractivity contribution in [1.82, 2.24) is 4.90 Å². The molecule has 1 aliphatic carbocycles. The molecule has 1 amide bonds. The normalized spacial score (nSPS) is 22.4. The second-order valence-electron chi connectivity index (χ2n) is 4.40. The average Bonchev–Trinajstić information content (AvgIpc) is 3.10. The Morgan fingerprint density at radius 1 is 1.12 bits per heavy atom. The van der Waals surface area contributed by atoms with Crippen molar-refractivity contribution < 1.29 is 19.1 Å². The molecule has 2 aliphatic rings. The highest BCUT2D eigenvalue weighted by Gasteiger charge is 2.56. The lowest BCUT2D eigenvalue weighted by Crippen LogP contribution is -2.41. The van der Waals surface area contributed by atoms with E-state index in [1.807, 2.05) is 0 Å². The van der Waals surface area contributed by atoms with Crippen molar-refractivity contribution >= 4 is 12.1 Å². The predicted molar refractivity (Wildman–Crippen MR) is 55.9 cm³/mol. The van der Waals surface area contributed by atoms with Crippen molar-refractivity contribution in [1.29, 1.82) is 0 Å². The minimum absolute atomic E-state index is 0.373. The first-order valence-electron chi connectivity index (χ1n) is 5.74. The highest BCUT2D eigenvalue weighted by molar-refractivity contribution is 5.86. The van der Waals surface area contributed by atoms with Crippen LogP contribution >= 0.6 is 0 Å². The summed E-state index contributed by atoms with van der Waals surface area (Å²) < 4.78 is 9.88. The topological polar surface area (TPSA) is 55.8 Å². The van der Waals surface area contributed by atoms with Gasteiger partial charge in [0.25, 0.3) is 0 Å². The first-order chi connectivity index (χ1) is 7.68. The minimum Gasteiger partial charge on any atom is -0.466 e. The van der Waals surface area contributed by atoms with Gasteiger partial charge in [-0.1, -0.05) is 0 Å². The zero-order valence-corrected chi connectivity index (χ0v) is 9.53. The van der Waals surface area contributed by atoms with E-state index in [1.165, 1.54) is 7.11 Å². The summed E-state index contributed by atoms with van der Waals surface area (Å²) in [5.41, 5.74) is -0.969. The molecule has 1 heterocycles. The number of esters is 1. The number of hydrogen-bond donors (Lipinski definition) is 0. The van der Waals surface area contributed by atoms with Crippen LogP contribution in [0.15, 0.2) is 0 Å². The maximum atomic E-state index is 11.8. The second kappa shape index (κ2) is 4.31. The Morgan fingerprint density at radius 2 is 1.75 bits per heavy atom. The standard InChI is InChI=1S/C11H17NO4/c1-15-9(13)11(5-6-11)16-10(14)12-7-3-2-4-8-12/h2-8H2,1H3. The number of amides is 1. The van der Waals surface area contributed by atoms with E-state index in [1.54, 1.807) is 4.90 Å². The third-order valence-electron chi connectivity index (χ3n) is 3.16. The molecule has 16 heavy (non-hydrogen) atoms. The minimum atomic E-state index is -0.969. The number of carbonyl (C=O) groups excluding carboxylic acids is 2. The van der Waals surface area contributed by atoms with Crippen LogP contribution in [0.3, 0.4) is 0 Å². The molecule has 0 spiro atoms. The van der Waals surface area contributed by atoms with Gasteiger partial charge >= 0.3 is 12.1 Å². The zero-order chi connectivity index (χ0) is 11.6. The summed E-state index contributed by atoms with van der Waals surface area (Å²) in [7, 11) is 1.32. The van der Waals surface area contributed by atoms with E-state index >= 15 is 0 Å². The van der Waals surface area contributed by atoms with Crippen LogP contribution in [0, 0.1) is 0 Å². The van der Waals surface area contributed by atoms with Crippen molar-refractivity contribution in [2.24, 2.45) is 0 Å². The van der Waals surface area contributed by atoms with Crippen LogP contribution in [0.25, 0.3) is 0 Å². The van der Waals surface area contributed by atoms with E-state index in [-0.39, 0.29) is 6.09 Å². The molecule has 0 aromatic rings. The summed E-state index contributed by atoms with van der Waals surface area (Å²) >= 11 is 0. The Bertz CT molecular complexity index is 292. The summed E-state index contributed by atoms with van der Waals surface area (Å²) in [6.07, 6.45) is 3.98. The SMILES string of the molecule is COC(=O)C1(OC(=O)N2CCCCC2)CC1. The lowest BCUT2D eigenvalue weighted by molar-refractivity contribution is -0.153. The van der Waals surface area contributed by atoms with Gasteiger partial charge < -0.3 is 14.4 Å². The van der Waals surface area contributed by atoms with Crippen LogP contribution in [0.2, 0.25) is 0 Å². The van der Waals surface area contributed by atoms with Gasteiger partial charge in [-0.05, 0) is 19.3 Å². The van der Waals surface area contributed by atoms with E-state index in [0.717, 1.165) is 32.4 Å². The maximum Gasteiger partial charge on any atom is 0.410 e. The largest absolute Gasteiger partial charge is 0.466 e. The van der Waals surface area contributed by atoms with Crippen LogP contribution in [0.1, 0.15) is 32.1 Å². The first-order valence-corrected chi connectivity index (χ1v) is 5.74. The Morgan fingerprint density at radius 3 is 2.25 bits per heavy atom. The smallest absolute Gasteiger partial charge is 0.410 e. The molecule has 1 saturated carbocycles. The van der Waals surface area contributed by atoms with E-state index in [2.05, 4.69) is 4.74 Å². The molecule has 0 radical (unpaired) electrons. The lowest BCUT2D eigenvalue weighted by atomic mass is 10.1. The van der Waals surface area contributed by atoms with Gasteiger partial charge in [-0.25, -0.2) is 9.59 Å². The Hall–Kier alpha value is -1.26. The molecule has 90 valence electrons. The average molecular weight is 227 g/mol. The molecular weight excluding hydrogens is 210 g/mol. The first kappa shape index (κ1) is 11.2. The monoisotopic (exact) mass is 227 g/mol. The fraction of sp³-hybridized carbons (Fsp3) is 0.818. The second-order valence-corrected chi connectivity index (χ2v) is 4.40. The molecule has 0 unspecified atom stereocenters. The highest BCUT2D eigenvalue weighted by Crippen LogP contribution is 2.41. The van der Waals surface area contributed by atoms with Crippen molar-refractivity contribution in [3.8, 4) is 0 Å². The molecule has 0 atom stereocenters. The molecule has 0 bridgehead atoms. The predicted octanol–water partition coefficient (Wildman–Crippen LogP) is 1.31. The Labute approximate surface area is 94.7 Å². The molecule has 0 N–H and O–H groups in total. The number of carbonyl (C=O) groups is 2. The van der Waals surface area contributed by atoms with Gasteiger partial charge in [-0.2, -0.15) is 0 Å². The van der Waals surface area contributed by atoms with E-state index in [9.17, 15) is 9.59 Å². The Kier molecular flexibility index (Phi) is 3.03. The molecule has 5 nitrogen and oxygen atoms in total. The van der Waals surface area contributed by atoms with Gasteiger partial charge in [0, 0.05) is 25.9 Å². The fourth-order valence-corrected chi connectivity index (χ4v) is 1.96. The van der Waals surface area contributed by atoms with Crippen LogP contribution in [-0.2, 0) is 14.3 Å². The molecule has 0 aromatic heterocycles. The fourth-order valence-electron chi connectivity index (χ4n) is 1.96. The molecule has 0 aromatic carbocycles. The number of likely N-dealkylation sites (tertiary alicyclic amines) is 1. The van der Waals surface area contributed by atoms with Gasteiger partial charge in [0.2, 0.25) is 5.60 Å². The van der Waals surface area contributed by atoms with Crippen molar-refractivity contribution in [3.63, 3.8) is 0 Å². The number of nitrogens with zero attached hydrogens (tertiary/aromatic N) is 1. The van der Waals surface area contributed by atoms with Gasteiger partial charge in [0.15, 0.2) is 0 Å². The summed E-state index contributed by atoms with van der Waals surface area (Å²) in [5.74, 6) is -0.433. The molecule has 2 fully saturated rings. The highest BCUT2D eigenvalue weighted by atomic mass is 16.6. The third kappa shape index (κ3) is 2.13. The summed E-state index contributed by atoms with van der Waals surface area (Å²) in [6.45, 7) is 1.46. The van der Waals surface area contributed by atoms with Crippen molar-refractivity contribution in [3.05, 3.63) is 0 Å². The summed E-state index contributed by atoms with van der Waals surface area (Å²) in [5, 5.41) is 0. The van der Waals surface area contributed by atoms with Crippen LogP contribution in [-0.4, -0.2) is 42.8 Å². The van der Waals surface area contributed by atoms with E-state index in [0.29, 0.717) is 12.8 Å².